The summed E-state index contributed by atoms with van der Waals surface area (Å²) in [6.45, 7) is 2.79. The van der Waals surface area contributed by atoms with E-state index in [0.717, 1.165) is 28.9 Å². The molecule has 1 saturated heterocycles. The highest BCUT2D eigenvalue weighted by Gasteiger charge is 2.23. The number of hydrogen-bond acceptors (Lipinski definition) is 3. The Kier molecular flexibility index (Phi) is 7.30. The summed E-state index contributed by atoms with van der Waals surface area (Å²) in [6, 6.07) is 16.3. The van der Waals surface area contributed by atoms with Crippen LogP contribution < -0.4 is 10.1 Å². The highest BCUT2D eigenvalue weighted by Crippen LogP contribution is 2.26. The van der Waals surface area contributed by atoms with E-state index in [1.807, 2.05) is 36.4 Å². The Balaban J connectivity index is 1.64. The number of nitrogens with one attached hydrogen (secondary N) is 1. The van der Waals surface area contributed by atoms with Gasteiger partial charge in [-0.15, -0.1) is 0 Å². The van der Waals surface area contributed by atoms with E-state index < -0.39 is 0 Å². The summed E-state index contributed by atoms with van der Waals surface area (Å²) in [7, 11) is 1.68. The lowest BCUT2D eigenvalue weighted by molar-refractivity contribution is -0.120. The van der Waals surface area contributed by atoms with Gasteiger partial charge in [-0.05, 0) is 61.3 Å². The molecule has 3 rings (SSSR count). The number of halogens is 1. The first-order chi connectivity index (χ1) is 13.2. The van der Waals surface area contributed by atoms with Crippen molar-refractivity contribution in [2.24, 2.45) is 0 Å². The van der Waals surface area contributed by atoms with E-state index in [1.54, 1.807) is 7.11 Å². The highest BCUT2D eigenvalue weighted by atomic mass is 79.9. The van der Waals surface area contributed by atoms with Crippen molar-refractivity contribution < 1.29 is 9.53 Å². The summed E-state index contributed by atoms with van der Waals surface area (Å²) in [4.78, 5) is 14.9. The zero-order chi connectivity index (χ0) is 19.1. The molecule has 144 valence electrons. The van der Waals surface area contributed by atoms with Crippen LogP contribution in [0, 0.1) is 0 Å². The van der Waals surface area contributed by atoms with Crippen LogP contribution in [0.15, 0.2) is 53.0 Å². The monoisotopic (exact) mass is 430 g/mol. The van der Waals surface area contributed by atoms with Crippen molar-refractivity contribution in [3.8, 4) is 5.75 Å². The fourth-order valence-electron chi connectivity index (χ4n) is 3.57. The van der Waals surface area contributed by atoms with Gasteiger partial charge in [-0.25, -0.2) is 0 Å². The van der Waals surface area contributed by atoms with Crippen molar-refractivity contribution in [1.82, 2.24) is 10.2 Å². The van der Waals surface area contributed by atoms with E-state index in [1.165, 1.54) is 24.8 Å². The minimum Gasteiger partial charge on any atom is -0.497 e. The fourth-order valence-corrected chi connectivity index (χ4v) is 3.84. The molecule has 1 aliphatic rings. The van der Waals surface area contributed by atoms with E-state index >= 15 is 0 Å². The molecular formula is C22H27BrN2O2. The lowest BCUT2D eigenvalue weighted by atomic mass is 10.0. The number of methoxy groups -OCH3 is 1. The third-order valence-electron chi connectivity index (χ3n) is 5.10. The van der Waals surface area contributed by atoms with Crippen molar-refractivity contribution >= 4 is 21.8 Å². The van der Waals surface area contributed by atoms with Crippen LogP contribution in [0.4, 0.5) is 0 Å². The third kappa shape index (κ3) is 5.81. The molecule has 1 fully saturated rings. The summed E-state index contributed by atoms with van der Waals surface area (Å²) in [5, 5.41) is 3.15. The maximum absolute atomic E-state index is 12.5. The van der Waals surface area contributed by atoms with Gasteiger partial charge in [-0.3, -0.25) is 9.69 Å². The van der Waals surface area contributed by atoms with Crippen LogP contribution in [-0.4, -0.2) is 37.6 Å². The number of likely N-dealkylation sites (tertiary alicyclic amines) is 1. The van der Waals surface area contributed by atoms with Gasteiger partial charge in [0.2, 0.25) is 5.91 Å². The number of carbonyl (C=O) groups excluding carboxylic acids is 1. The van der Waals surface area contributed by atoms with Gasteiger partial charge in [0.15, 0.2) is 0 Å². The van der Waals surface area contributed by atoms with Crippen LogP contribution in [0.1, 0.15) is 36.4 Å². The molecule has 1 amide bonds. The van der Waals surface area contributed by atoms with Gasteiger partial charge in [-0.2, -0.15) is 0 Å². The number of benzene rings is 2. The minimum atomic E-state index is 0.0628. The SMILES string of the molecule is COc1ccc([C@H](CNC(=O)Cc2ccc(Br)cc2)N2CCCCC2)cc1. The molecule has 0 bridgehead atoms. The molecule has 2 aromatic carbocycles. The molecule has 0 radical (unpaired) electrons. The zero-order valence-corrected chi connectivity index (χ0v) is 17.4. The smallest absolute Gasteiger partial charge is 0.224 e. The molecule has 4 nitrogen and oxygen atoms in total. The predicted octanol–water partition coefficient (Wildman–Crippen LogP) is 4.34. The van der Waals surface area contributed by atoms with E-state index in [0.29, 0.717) is 13.0 Å². The zero-order valence-electron chi connectivity index (χ0n) is 15.8. The average Bonchev–Trinajstić information content (AvgIpc) is 2.71. The molecule has 0 aliphatic carbocycles. The highest BCUT2D eigenvalue weighted by molar-refractivity contribution is 9.10. The van der Waals surface area contributed by atoms with Gasteiger partial charge in [0, 0.05) is 11.0 Å². The first-order valence-electron chi connectivity index (χ1n) is 9.55. The molecule has 2 aromatic rings. The Morgan fingerprint density at radius 2 is 1.74 bits per heavy atom. The van der Waals surface area contributed by atoms with Crippen molar-refractivity contribution in [2.75, 3.05) is 26.7 Å². The number of ether oxygens (including phenoxy) is 1. The molecular weight excluding hydrogens is 404 g/mol. The summed E-state index contributed by atoms with van der Waals surface area (Å²) in [5.41, 5.74) is 2.25. The normalized spacial score (nSPS) is 15.9. The number of rotatable bonds is 7. The van der Waals surface area contributed by atoms with Crippen LogP contribution in [0.25, 0.3) is 0 Å². The summed E-state index contributed by atoms with van der Waals surface area (Å²) >= 11 is 3.43. The summed E-state index contributed by atoms with van der Waals surface area (Å²) < 4.78 is 6.31. The van der Waals surface area contributed by atoms with E-state index in [9.17, 15) is 4.79 Å². The molecule has 0 spiro atoms. The quantitative estimate of drug-likeness (QED) is 0.709. The molecule has 0 aromatic heterocycles. The van der Waals surface area contributed by atoms with Gasteiger partial charge in [0.05, 0.1) is 19.6 Å². The number of carbonyl (C=O) groups is 1. The Labute approximate surface area is 170 Å². The van der Waals surface area contributed by atoms with Crippen LogP contribution in [0.3, 0.4) is 0 Å². The Hall–Kier alpha value is -1.85. The summed E-state index contributed by atoms with van der Waals surface area (Å²) in [6.07, 6.45) is 4.14. The number of amides is 1. The molecule has 1 aliphatic heterocycles. The largest absolute Gasteiger partial charge is 0.497 e. The second kappa shape index (κ2) is 9.90. The van der Waals surface area contributed by atoms with Crippen LogP contribution >= 0.6 is 15.9 Å². The first kappa shape index (κ1) is 19.9. The minimum absolute atomic E-state index is 0.0628. The second-order valence-electron chi connectivity index (χ2n) is 6.99. The molecule has 0 unspecified atom stereocenters. The topological polar surface area (TPSA) is 41.6 Å². The van der Waals surface area contributed by atoms with Crippen molar-refractivity contribution in [3.05, 3.63) is 64.1 Å². The first-order valence-corrected chi connectivity index (χ1v) is 10.3. The maximum Gasteiger partial charge on any atom is 0.224 e. The standard InChI is InChI=1S/C22H27BrN2O2/c1-27-20-11-7-18(8-12-20)21(25-13-3-2-4-14-25)16-24-22(26)15-17-5-9-19(23)10-6-17/h5-12,21H,2-4,13-16H2,1H3,(H,24,26)/t21-/m0/s1. The van der Waals surface area contributed by atoms with Crippen molar-refractivity contribution in [2.45, 2.75) is 31.7 Å². The van der Waals surface area contributed by atoms with Gasteiger partial charge in [0.25, 0.3) is 0 Å². The Bertz CT molecular complexity index is 725. The van der Waals surface area contributed by atoms with Gasteiger partial charge in [-0.1, -0.05) is 46.6 Å². The second-order valence-corrected chi connectivity index (χ2v) is 7.91. The van der Waals surface area contributed by atoms with Crippen LogP contribution in [0.5, 0.6) is 5.75 Å². The van der Waals surface area contributed by atoms with Crippen molar-refractivity contribution in [1.29, 1.82) is 0 Å². The molecule has 1 N–H and O–H groups in total. The Morgan fingerprint density at radius 3 is 2.37 bits per heavy atom. The predicted molar refractivity (Wildman–Crippen MR) is 112 cm³/mol. The van der Waals surface area contributed by atoms with E-state index in [4.69, 9.17) is 4.74 Å². The number of nitrogens with zero attached hydrogens (tertiary/aromatic N) is 1. The number of piperidine rings is 1. The molecule has 1 atom stereocenters. The maximum atomic E-state index is 12.5. The molecule has 1 heterocycles. The van der Waals surface area contributed by atoms with Crippen LogP contribution in [0.2, 0.25) is 0 Å². The summed E-state index contributed by atoms with van der Waals surface area (Å²) in [5.74, 6) is 0.920. The average molecular weight is 431 g/mol. The van der Waals surface area contributed by atoms with E-state index in [-0.39, 0.29) is 11.9 Å². The number of hydrogen-bond donors (Lipinski definition) is 1. The van der Waals surface area contributed by atoms with Crippen LogP contribution in [-0.2, 0) is 11.2 Å². The van der Waals surface area contributed by atoms with Gasteiger partial charge in [0.1, 0.15) is 5.75 Å². The molecule has 0 saturated carbocycles. The lowest BCUT2D eigenvalue weighted by Crippen LogP contribution is -2.41. The Morgan fingerprint density at radius 1 is 1.07 bits per heavy atom. The molecule has 27 heavy (non-hydrogen) atoms. The van der Waals surface area contributed by atoms with Gasteiger partial charge >= 0.3 is 0 Å². The van der Waals surface area contributed by atoms with E-state index in [2.05, 4.69) is 38.3 Å². The van der Waals surface area contributed by atoms with Crippen molar-refractivity contribution in [3.63, 3.8) is 0 Å². The fraction of sp³-hybridized carbons (Fsp3) is 0.409. The molecule has 5 heteroatoms. The third-order valence-corrected chi connectivity index (χ3v) is 5.63. The lowest BCUT2D eigenvalue weighted by Gasteiger charge is -2.35. The van der Waals surface area contributed by atoms with Gasteiger partial charge < -0.3 is 10.1 Å².